The molecule has 2 aromatic rings. The quantitative estimate of drug-likeness (QED) is 0.847. The van der Waals surface area contributed by atoms with Crippen LogP contribution in [0.4, 0.5) is 5.69 Å². The Morgan fingerprint density at radius 2 is 1.85 bits per heavy atom. The summed E-state index contributed by atoms with van der Waals surface area (Å²) in [7, 11) is -2.16. The molecule has 0 atom stereocenters. The summed E-state index contributed by atoms with van der Waals surface area (Å²) < 4.78 is 37.8. The van der Waals surface area contributed by atoms with Crippen LogP contribution >= 0.6 is 0 Å². The second kappa shape index (κ2) is 8.08. The minimum atomic E-state index is -3.65. The summed E-state index contributed by atoms with van der Waals surface area (Å²) >= 11 is 0. The van der Waals surface area contributed by atoms with Crippen LogP contribution in [0.25, 0.3) is 0 Å². The van der Waals surface area contributed by atoms with Crippen molar-refractivity contribution in [1.29, 1.82) is 0 Å². The summed E-state index contributed by atoms with van der Waals surface area (Å²) in [5.41, 5.74) is 1.40. The Morgan fingerprint density at radius 3 is 2.56 bits per heavy atom. The van der Waals surface area contributed by atoms with Gasteiger partial charge in [0, 0.05) is 18.8 Å². The van der Waals surface area contributed by atoms with Crippen molar-refractivity contribution >= 4 is 21.6 Å². The fourth-order valence-corrected chi connectivity index (χ4v) is 4.57. The average molecular weight is 390 g/mol. The standard InChI is InChI=1S/C19H22N2O5S/c1-14-7-8-15(20-19(22)16-5-3-4-6-17(16)25-2)13-18(14)27(23,24)21-9-11-26-12-10-21/h3-8,13H,9-12H2,1-2H3,(H,20,22). The topological polar surface area (TPSA) is 84.9 Å². The predicted molar refractivity (Wildman–Crippen MR) is 102 cm³/mol. The molecule has 27 heavy (non-hydrogen) atoms. The van der Waals surface area contributed by atoms with Crippen LogP contribution in [0.1, 0.15) is 15.9 Å². The van der Waals surface area contributed by atoms with Gasteiger partial charge in [-0.2, -0.15) is 4.31 Å². The van der Waals surface area contributed by atoms with Crippen molar-refractivity contribution in [3.05, 3.63) is 53.6 Å². The van der Waals surface area contributed by atoms with Gasteiger partial charge in [-0.1, -0.05) is 18.2 Å². The number of hydrogen-bond acceptors (Lipinski definition) is 5. The highest BCUT2D eigenvalue weighted by Gasteiger charge is 2.28. The van der Waals surface area contributed by atoms with Crippen molar-refractivity contribution in [2.75, 3.05) is 38.7 Å². The van der Waals surface area contributed by atoms with E-state index in [2.05, 4.69) is 5.32 Å². The first kappa shape index (κ1) is 19.3. The third kappa shape index (κ3) is 4.13. The molecule has 1 aliphatic heterocycles. The summed E-state index contributed by atoms with van der Waals surface area (Å²) in [6.45, 7) is 3.13. The highest BCUT2D eigenvalue weighted by molar-refractivity contribution is 7.89. The smallest absolute Gasteiger partial charge is 0.259 e. The predicted octanol–water partition coefficient (Wildman–Crippen LogP) is 2.28. The molecule has 0 aromatic heterocycles. The molecule has 7 nitrogen and oxygen atoms in total. The highest BCUT2D eigenvalue weighted by atomic mass is 32.2. The van der Waals surface area contributed by atoms with Gasteiger partial charge in [-0.05, 0) is 36.8 Å². The molecule has 1 fully saturated rings. The van der Waals surface area contributed by atoms with Crippen LogP contribution < -0.4 is 10.1 Å². The van der Waals surface area contributed by atoms with Gasteiger partial charge < -0.3 is 14.8 Å². The molecular formula is C19H22N2O5S. The summed E-state index contributed by atoms with van der Waals surface area (Å²) in [6, 6.07) is 11.7. The Kier molecular flexibility index (Phi) is 5.79. The molecule has 0 radical (unpaired) electrons. The molecule has 1 heterocycles. The summed E-state index contributed by atoms with van der Waals surface area (Å²) in [4.78, 5) is 12.8. The van der Waals surface area contributed by atoms with Crippen molar-refractivity contribution in [3.63, 3.8) is 0 Å². The van der Waals surface area contributed by atoms with E-state index in [0.29, 0.717) is 48.9 Å². The first-order chi connectivity index (χ1) is 12.9. The second-order valence-electron chi connectivity index (χ2n) is 6.15. The highest BCUT2D eigenvalue weighted by Crippen LogP contribution is 2.25. The third-order valence-electron chi connectivity index (χ3n) is 4.39. The van der Waals surface area contributed by atoms with Crippen LogP contribution in [0.5, 0.6) is 5.75 Å². The molecule has 0 aliphatic carbocycles. The van der Waals surface area contributed by atoms with Crippen LogP contribution in [-0.2, 0) is 14.8 Å². The van der Waals surface area contributed by atoms with Gasteiger partial charge in [-0.3, -0.25) is 4.79 Å². The van der Waals surface area contributed by atoms with Gasteiger partial charge in [-0.15, -0.1) is 0 Å². The number of carbonyl (C=O) groups is 1. The van der Waals surface area contributed by atoms with Crippen molar-refractivity contribution in [1.82, 2.24) is 4.31 Å². The summed E-state index contributed by atoms with van der Waals surface area (Å²) in [5.74, 6) is 0.0781. The zero-order chi connectivity index (χ0) is 19.4. The monoisotopic (exact) mass is 390 g/mol. The van der Waals surface area contributed by atoms with Gasteiger partial charge in [0.1, 0.15) is 5.75 Å². The van der Waals surface area contributed by atoms with Crippen LogP contribution in [0.15, 0.2) is 47.4 Å². The molecule has 3 rings (SSSR count). The number of nitrogens with zero attached hydrogens (tertiary/aromatic N) is 1. The Bertz CT molecular complexity index is 937. The van der Waals surface area contributed by atoms with E-state index in [1.807, 2.05) is 0 Å². The molecule has 2 aromatic carbocycles. The molecular weight excluding hydrogens is 368 g/mol. The number of nitrogens with one attached hydrogen (secondary N) is 1. The Hall–Kier alpha value is -2.42. The van der Waals surface area contributed by atoms with Crippen molar-refractivity contribution in [3.8, 4) is 5.75 Å². The normalized spacial score (nSPS) is 15.3. The van der Waals surface area contributed by atoms with Gasteiger partial charge in [0.2, 0.25) is 10.0 Å². The number of para-hydroxylation sites is 1. The number of morpholine rings is 1. The molecule has 8 heteroatoms. The largest absolute Gasteiger partial charge is 0.496 e. The minimum Gasteiger partial charge on any atom is -0.496 e. The van der Waals surface area contributed by atoms with Gasteiger partial charge in [0.25, 0.3) is 5.91 Å². The Morgan fingerprint density at radius 1 is 1.15 bits per heavy atom. The number of amides is 1. The van der Waals surface area contributed by atoms with Crippen LogP contribution in [0, 0.1) is 6.92 Å². The molecule has 144 valence electrons. The number of ether oxygens (including phenoxy) is 2. The Balaban J connectivity index is 1.88. The van der Waals surface area contributed by atoms with E-state index >= 15 is 0 Å². The molecule has 1 saturated heterocycles. The molecule has 0 unspecified atom stereocenters. The fourth-order valence-electron chi connectivity index (χ4n) is 2.91. The SMILES string of the molecule is COc1ccccc1C(=O)Nc1ccc(C)c(S(=O)(=O)N2CCOCC2)c1. The number of benzene rings is 2. The van der Waals surface area contributed by atoms with Crippen LogP contribution in [0.2, 0.25) is 0 Å². The van der Waals surface area contributed by atoms with Gasteiger partial charge >= 0.3 is 0 Å². The summed E-state index contributed by atoms with van der Waals surface area (Å²) in [6.07, 6.45) is 0. The van der Waals surface area contributed by atoms with Crippen molar-refractivity contribution < 1.29 is 22.7 Å². The van der Waals surface area contributed by atoms with E-state index in [1.165, 1.54) is 17.5 Å². The Labute approximate surface area is 158 Å². The van der Waals surface area contributed by atoms with E-state index in [-0.39, 0.29) is 10.8 Å². The first-order valence-electron chi connectivity index (χ1n) is 8.56. The fraction of sp³-hybridized carbons (Fsp3) is 0.316. The second-order valence-corrected chi connectivity index (χ2v) is 8.06. The lowest BCUT2D eigenvalue weighted by molar-refractivity contribution is 0.0730. The number of sulfonamides is 1. The maximum absolute atomic E-state index is 13.0. The van der Waals surface area contributed by atoms with E-state index < -0.39 is 10.0 Å². The lowest BCUT2D eigenvalue weighted by atomic mass is 10.1. The third-order valence-corrected chi connectivity index (χ3v) is 6.43. The number of carbonyl (C=O) groups excluding carboxylic acids is 1. The van der Waals surface area contributed by atoms with E-state index in [1.54, 1.807) is 43.3 Å². The van der Waals surface area contributed by atoms with Crippen LogP contribution in [-0.4, -0.2) is 52.0 Å². The lowest BCUT2D eigenvalue weighted by Crippen LogP contribution is -2.40. The maximum Gasteiger partial charge on any atom is 0.259 e. The minimum absolute atomic E-state index is 0.183. The first-order valence-corrected chi connectivity index (χ1v) is 10.0. The van der Waals surface area contributed by atoms with Crippen LogP contribution in [0.3, 0.4) is 0 Å². The number of hydrogen-bond donors (Lipinski definition) is 1. The molecule has 0 saturated carbocycles. The van der Waals surface area contributed by atoms with Crippen molar-refractivity contribution in [2.24, 2.45) is 0 Å². The van der Waals surface area contributed by atoms with E-state index in [4.69, 9.17) is 9.47 Å². The average Bonchev–Trinajstić information content (AvgIpc) is 2.69. The number of methoxy groups -OCH3 is 1. The zero-order valence-electron chi connectivity index (χ0n) is 15.3. The molecule has 1 amide bonds. The van der Waals surface area contributed by atoms with Gasteiger partial charge in [0.15, 0.2) is 0 Å². The number of anilines is 1. The lowest BCUT2D eigenvalue weighted by Gasteiger charge is -2.26. The molecule has 1 aliphatic rings. The summed E-state index contributed by atoms with van der Waals surface area (Å²) in [5, 5.41) is 2.75. The number of aryl methyl sites for hydroxylation is 1. The van der Waals surface area contributed by atoms with Gasteiger partial charge in [0.05, 0.1) is 30.8 Å². The zero-order valence-corrected chi connectivity index (χ0v) is 16.1. The van der Waals surface area contributed by atoms with E-state index in [0.717, 1.165) is 0 Å². The molecule has 0 bridgehead atoms. The molecule has 0 spiro atoms. The van der Waals surface area contributed by atoms with E-state index in [9.17, 15) is 13.2 Å². The number of rotatable bonds is 5. The molecule has 1 N–H and O–H groups in total. The van der Waals surface area contributed by atoms with Gasteiger partial charge in [-0.25, -0.2) is 8.42 Å². The van der Waals surface area contributed by atoms with Crippen molar-refractivity contribution in [2.45, 2.75) is 11.8 Å². The maximum atomic E-state index is 13.0.